The Hall–Kier alpha value is -2.73. The molecule has 32 heavy (non-hydrogen) atoms. The Kier molecular flexibility index (Phi) is 8.80. The third-order valence-corrected chi connectivity index (χ3v) is 5.96. The van der Waals surface area contributed by atoms with Crippen molar-refractivity contribution in [3.63, 3.8) is 0 Å². The van der Waals surface area contributed by atoms with E-state index >= 15 is 0 Å². The molecule has 7 heteroatoms. The van der Waals surface area contributed by atoms with Crippen LogP contribution >= 0.6 is 11.6 Å². The Morgan fingerprint density at radius 3 is 2.62 bits per heavy atom. The molecule has 1 aliphatic carbocycles. The van der Waals surface area contributed by atoms with E-state index in [2.05, 4.69) is 22.9 Å². The Bertz CT molecular complexity index is 928. The van der Waals surface area contributed by atoms with Gasteiger partial charge < -0.3 is 20.7 Å². The van der Waals surface area contributed by atoms with E-state index in [4.69, 9.17) is 16.3 Å². The normalized spacial score (nSPS) is 15.0. The molecule has 0 bridgehead atoms. The van der Waals surface area contributed by atoms with E-state index in [0.717, 1.165) is 37.9 Å². The molecule has 0 aliphatic heterocycles. The fourth-order valence-corrected chi connectivity index (χ4v) is 3.87. The Labute approximate surface area is 195 Å². The highest BCUT2D eigenvalue weighted by atomic mass is 35.5. The molecule has 172 valence electrons. The highest BCUT2D eigenvalue weighted by Gasteiger charge is 2.18. The van der Waals surface area contributed by atoms with Crippen molar-refractivity contribution in [3.8, 4) is 5.75 Å². The fraction of sp³-hybridized carbons (Fsp3) is 0.440. The standard InChI is InChI=1S/C25H32ClN3O3/c1-3-17(2)32-21-11-7-10-20(14-21)28-24(30)16-27-19-12-13-23(26)22(15-19)25(31)29-18-8-5-4-6-9-18/h7,10-15,17-18,27H,3-6,8-9,16H2,1-2H3,(H,28,30)(H,29,31). The molecule has 3 rings (SSSR count). The van der Waals surface area contributed by atoms with E-state index < -0.39 is 0 Å². The van der Waals surface area contributed by atoms with Crippen molar-refractivity contribution >= 4 is 34.8 Å². The van der Waals surface area contributed by atoms with Crippen LogP contribution in [0.2, 0.25) is 5.02 Å². The zero-order valence-electron chi connectivity index (χ0n) is 18.7. The molecule has 0 saturated heterocycles. The number of carbonyl (C=O) groups excluding carboxylic acids is 2. The molecule has 6 nitrogen and oxygen atoms in total. The van der Waals surface area contributed by atoms with Crippen molar-refractivity contribution in [1.82, 2.24) is 5.32 Å². The molecule has 1 unspecified atom stereocenters. The first-order valence-electron chi connectivity index (χ1n) is 11.4. The Morgan fingerprint density at radius 2 is 1.88 bits per heavy atom. The lowest BCUT2D eigenvalue weighted by Gasteiger charge is -2.23. The quantitative estimate of drug-likeness (QED) is 0.456. The lowest BCUT2D eigenvalue weighted by molar-refractivity contribution is -0.114. The van der Waals surface area contributed by atoms with E-state index in [0.29, 0.717) is 22.0 Å². The maximum absolute atomic E-state index is 12.7. The van der Waals surface area contributed by atoms with Gasteiger partial charge in [0.05, 0.1) is 23.2 Å². The molecule has 0 aromatic heterocycles. The summed E-state index contributed by atoms with van der Waals surface area (Å²) >= 11 is 6.26. The summed E-state index contributed by atoms with van der Waals surface area (Å²) in [6, 6.07) is 12.7. The van der Waals surface area contributed by atoms with E-state index in [-0.39, 0.29) is 30.5 Å². The van der Waals surface area contributed by atoms with Gasteiger partial charge in [0.2, 0.25) is 5.91 Å². The average molecular weight is 458 g/mol. The van der Waals surface area contributed by atoms with Crippen LogP contribution in [0.15, 0.2) is 42.5 Å². The van der Waals surface area contributed by atoms with E-state index in [9.17, 15) is 9.59 Å². The summed E-state index contributed by atoms with van der Waals surface area (Å²) < 4.78 is 5.80. The monoisotopic (exact) mass is 457 g/mol. The van der Waals surface area contributed by atoms with Crippen molar-refractivity contribution in [3.05, 3.63) is 53.1 Å². The van der Waals surface area contributed by atoms with Crippen molar-refractivity contribution in [2.24, 2.45) is 0 Å². The molecular weight excluding hydrogens is 426 g/mol. The second-order valence-corrected chi connectivity index (χ2v) is 8.68. The van der Waals surface area contributed by atoms with Gasteiger partial charge in [0.15, 0.2) is 0 Å². The molecule has 3 N–H and O–H groups in total. The molecule has 0 radical (unpaired) electrons. The number of hydrogen-bond donors (Lipinski definition) is 3. The van der Waals surface area contributed by atoms with Gasteiger partial charge in [-0.3, -0.25) is 9.59 Å². The van der Waals surface area contributed by atoms with Gasteiger partial charge in [0.1, 0.15) is 5.75 Å². The topological polar surface area (TPSA) is 79.5 Å². The molecule has 1 fully saturated rings. The van der Waals surface area contributed by atoms with Crippen LogP contribution in [0.25, 0.3) is 0 Å². The zero-order chi connectivity index (χ0) is 22.9. The van der Waals surface area contributed by atoms with Crippen molar-refractivity contribution in [2.45, 2.75) is 64.5 Å². The number of hydrogen-bond acceptors (Lipinski definition) is 4. The third kappa shape index (κ3) is 7.16. The van der Waals surface area contributed by atoms with E-state index in [1.54, 1.807) is 24.3 Å². The molecule has 2 amide bonds. The third-order valence-electron chi connectivity index (χ3n) is 5.63. The number of benzene rings is 2. The lowest BCUT2D eigenvalue weighted by Crippen LogP contribution is -2.36. The first kappa shape index (κ1) is 23.9. The minimum absolute atomic E-state index is 0.0573. The molecule has 1 atom stereocenters. The molecule has 1 saturated carbocycles. The Morgan fingerprint density at radius 1 is 1.09 bits per heavy atom. The van der Waals surface area contributed by atoms with Crippen LogP contribution in [0, 0.1) is 0 Å². The van der Waals surface area contributed by atoms with Gasteiger partial charge in [-0.05, 0) is 56.5 Å². The highest BCUT2D eigenvalue weighted by Crippen LogP contribution is 2.23. The summed E-state index contributed by atoms with van der Waals surface area (Å²) in [6.45, 7) is 4.12. The Balaban J connectivity index is 1.55. The molecule has 0 spiro atoms. The minimum atomic E-state index is -0.200. The zero-order valence-corrected chi connectivity index (χ0v) is 19.5. The first-order chi connectivity index (χ1) is 15.4. The predicted molar refractivity (Wildman–Crippen MR) is 130 cm³/mol. The average Bonchev–Trinajstić information content (AvgIpc) is 2.79. The number of ether oxygens (including phenoxy) is 1. The number of carbonyl (C=O) groups is 2. The van der Waals surface area contributed by atoms with Crippen LogP contribution in [-0.4, -0.2) is 30.5 Å². The summed E-state index contributed by atoms with van der Waals surface area (Å²) in [5.41, 5.74) is 1.74. The maximum Gasteiger partial charge on any atom is 0.253 e. The van der Waals surface area contributed by atoms with Gasteiger partial charge in [-0.2, -0.15) is 0 Å². The molecule has 2 aromatic carbocycles. The predicted octanol–water partition coefficient (Wildman–Crippen LogP) is 5.63. The minimum Gasteiger partial charge on any atom is -0.491 e. The van der Waals surface area contributed by atoms with Gasteiger partial charge in [0, 0.05) is 23.5 Å². The van der Waals surface area contributed by atoms with Gasteiger partial charge in [0.25, 0.3) is 5.91 Å². The van der Waals surface area contributed by atoms with E-state index in [1.165, 1.54) is 6.42 Å². The smallest absolute Gasteiger partial charge is 0.253 e. The van der Waals surface area contributed by atoms with Crippen molar-refractivity contribution in [2.75, 3.05) is 17.2 Å². The summed E-state index contributed by atoms with van der Waals surface area (Å²) in [5.74, 6) is 0.346. The van der Waals surface area contributed by atoms with Crippen LogP contribution in [0.4, 0.5) is 11.4 Å². The summed E-state index contributed by atoms with van der Waals surface area (Å²) in [7, 11) is 0. The number of anilines is 2. The van der Waals surface area contributed by atoms with Crippen LogP contribution in [0.3, 0.4) is 0 Å². The molecule has 1 aliphatic rings. The van der Waals surface area contributed by atoms with E-state index in [1.807, 2.05) is 25.1 Å². The van der Waals surface area contributed by atoms with Crippen LogP contribution < -0.4 is 20.7 Å². The largest absolute Gasteiger partial charge is 0.491 e. The first-order valence-corrected chi connectivity index (χ1v) is 11.7. The summed E-state index contributed by atoms with van der Waals surface area (Å²) in [5, 5.41) is 9.40. The number of rotatable bonds is 9. The second-order valence-electron chi connectivity index (χ2n) is 8.27. The number of halogens is 1. The van der Waals surface area contributed by atoms with Crippen LogP contribution in [0.1, 0.15) is 62.7 Å². The summed E-state index contributed by atoms with van der Waals surface area (Å²) in [6.07, 6.45) is 6.53. The lowest BCUT2D eigenvalue weighted by atomic mass is 9.95. The second kappa shape index (κ2) is 11.8. The highest BCUT2D eigenvalue weighted by molar-refractivity contribution is 6.34. The number of amides is 2. The SMILES string of the molecule is CCC(C)Oc1cccc(NC(=O)CNc2ccc(Cl)c(C(=O)NC3CCCCC3)c2)c1. The van der Waals surface area contributed by atoms with Crippen LogP contribution in [-0.2, 0) is 4.79 Å². The number of nitrogens with one attached hydrogen (secondary N) is 3. The van der Waals surface area contributed by atoms with Gasteiger partial charge >= 0.3 is 0 Å². The van der Waals surface area contributed by atoms with Gasteiger partial charge in [-0.15, -0.1) is 0 Å². The van der Waals surface area contributed by atoms with Crippen molar-refractivity contribution < 1.29 is 14.3 Å². The van der Waals surface area contributed by atoms with Gasteiger partial charge in [-0.1, -0.05) is 43.9 Å². The maximum atomic E-state index is 12.7. The van der Waals surface area contributed by atoms with Crippen molar-refractivity contribution in [1.29, 1.82) is 0 Å². The van der Waals surface area contributed by atoms with Gasteiger partial charge in [-0.25, -0.2) is 0 Å². The molecule has 2 aromatic rings. The summed E-state index contributed by atoms with van der Waals surface area (Å²) in [4.78, 5) is 25.1. The van der Waals surface area contributed by atoms with Crippen LogP contribution in [0.5, 0.6) is 5.75 Å². The molecule has 0 heterocycles. The fourth-order valence-electron chi connectivity index (χ4n) is 3.67. The molecular formula is C25H32ClN3O3.